The quantitative estimate of drug-likeness (QED) is 0.689. The Balaban J connectivity index is 2.47. The zero-order valence-electron chi connectivity index (χ0n) is 10.2. The minimum atomic E-state index is -0.883. The number of rotatable bonds is 4. The maximum absolute atomic E-state index is 13.7. The van der Waals surface area contributed by atoms with Gasteiger partial charge in [0.05, 0.1) is 4.92 Å². The minimum absolute atomic E-state index is 0.0463. The molecule has 20 heavy (non-hydrogen) atoms. The summed E-state index contributed by atoms with van der Waals surface area (Å²) in [6.45, 7) is -0.0463. The van der Waals surface area contributed by atoms with E-state index in [1.807, 2.05) is 0 Å². The number of nitrogens with zero attached hydrogens (tertiary/aromatic N) is 1. The van der Waals surface area contributed by atoms with Crippen LogP contribution in [0.25, 0.3) is 0 Å². The lowest BCUT2D eigenvalue weighted by atomic mass is 10.2. The highest BCUT2D eigenvalue weighted by Crippen LogP contribution is 2.35. The number of hydrogen-bond acceptors (Lipinski definition) is 4. The van der Waals surface area contributed by atoms with Gasteiger partial charge in [-0.15, -0.1) is 0 Å². The Hall–Kier alpha value is -2.54. The van der Waals surface area contributed by atoms with Crippen LogP contribution in [0.4, 0.5) is 14.5 Å². The highest BCUT2D eigenvalue weighted by molar-refractivity contribution is 5.50. The molecule has 0 aliphatic carbocycles. The Kier molecular flexibility index (Phi) is 3.90. The number of nitro groups is 1. The Morgan fingerprint density at radius 3 is 2.65 bits per heavy atom. The summed E-state index contributed by atoms with van der Waals surface area (Å²) in [6, 6.07) is 6.82. The standard InChI is InChI=1S/C13H10F2N2O3/c14-9-4-5-12(8(6-9)7-16)20-13-10(15)2-1-3-11(13)17(18)19/h1-6H,7,16H2. The maximum atomic E-state index is 13.7. The van der Waals surface area contributed by atoms with Gasteiger partial charge in [-0.1, -0.05) is 6.07 Å². The summed E-state index contributed by atoms with van der Waals surface area (Å²) in [4.78, 5) is 10.1. The second-order valence-electron chi connectivity index (χ2n) is 3.90. The molecule has 0 amide bonds. The van der Waals surface area contributed by atoms with E-state index < -0.39 is 28.0 Å². The maximum Gasteiger partial charge on any atom is 0.314 e. The SMILES string of the molecule is NCc1cc(F)ccc1Oc1c(F)cccc1[N+](=O)[O-]. The van der Waals surface area contributed by atoms with Gasteiger partial charge in [0.2, 0.25) is 5.75 Å². The predicted molar refractivity (Wildman–Crippen MR) is 67.4 cm³/mol. The Morgan fingerprint density at radius 2 is 2.00 bits per heavy atom. The molecule has 104 valence electrons. The van der Waals surface area contributed by atoms with Crippen molar-refractivity contribution < 1.29 is 18.4 Å². The molecule has 0 aromatic heterocycles. The second-order valence-corrected chi connectivity index (χ2v) is 3.90. The molecule has 2 N–H and O–H groups in total. The number of ether oxygens (including phenoxy) is 1. The molecule has 0 aliphatic heterocycles. The summed E-state index contributed by atoms with van der Waals surface area (Å²) >= 11 is 0. The third-order valence-corrected chi connectivity index (χ3v) is 2.60. The van der Waals surface area contributed by atoms with Gasteiger partial charge >= 0.3 is 5.69 Å². The first-order chi connectivity index (χ1) is 9.52. The first-order valence-electron chi connectivity index (χ1n) is 5.62. The fraction of sp³-hybridized carbons (Fsp3) is 0.0769. The molecule has 0 unspecified atom stereocenters. The normalized spacial score (nSPS) is 10.3. The average molecular weight is 280 g/mol. The van der Waals surface area contributed by atoms with Crippen LogP contribution in [-0.4, -0.2) is 4.92 Å². The van der Waals surface area contributed by atoms with Gasteiger partial charge in [-0.05, 0) is 24.3 Å². The van der Waals surface area contributed by atoms with E-state index in [1.165, 1.54) is 12.1 Å². The molecule has 0 heterocycles. The lowest BCUT2D eigenvalue weighted by molar-refractivity contribution is -0.385. The largest absolute Gasteiger partial charge is 0.447 e. The summed E-state index contributed by atoms with van der Waals surface area (Å²) in [7, 11) is 0. The van der Waals surface area contributed by atoms with E-state index in [0.29, 0.717) is 0 Å². The van der Waals surface area contributed by atoms with Gasteiger partial charge in [-0.3, -0.25) is 10.1 Å². The van der Waals surface area contributed by atoms with Crippen molar-refractivity contribution >= 4 is 5.69 Å². The third-order valence-electron chi connectivity index (χ3n) is 2.60. The zero-order valence-corrected chi connectivity index (χ0v) is 10.2. The van der Waals surface area contributed by atoms with E-state index in [0.717, 1.165) is 24.3 Å². The first kappa shape index (κ1) is 13.9. The number of nitrogens with two attached hydrogens (primary N) is 1. The molecule has 2 aromatic rings. The highest BCUT2D eigenvalue weighted by atomic mass is 19.1. The molecular formula is C13H10F2N2O3. The van der Waals surface area contributed by atoms with Crippen LogP contribution >= 0.6 is 0 Å². The second kappa shape index (κ2) is 5.62. The zero-order chi connectivity index (χ0) is 14.7. The van der Waals surface area contributed by atoms with Crippen LogP contribution in [0.1, 0.15) is 5.56 Å². The fourth-order valence-corrected chi connectivity index (χ4v) is 1.66. The summed E-state index contributed by atoms with van der Waals surface area (Å²) in [5.41, 5.74) is 5.20. The van der Waals surface area contributed by atoms with Crippen molar-refractivity contribution in [1.82, 2.24) is 0 Å². The number of benzene rings is 2. The minimum Gasteiger partial charge on any atom is -0.447 e. The van der Waals surface area contributed by atoms with Gasteiger partial charge in [-0.25, -0.2) is 8.78 Å². The van der Waals surface area contributed by atoms with E-state index >= 15 is 0 Å². The van der Waals surface area contributed by atoms with Gasteiger partial charge < -0.3 is 10.5 Å². The van der Waals surface area contributed by atoms with Gasteiger partial charge in [0.1, 0.15) is 11.6 Å². The molecule has 0 saturated carbocycles. The molecule has 0 atom stereocenters. The van der Waals surface area contributed by atoms with Crippen molar-refractivity contribution in [2.75, 3.05) is 0 Å². The van der Waals surface area contributed by atoms with Crippen molar-refractivity contribution in [3.63, 3.8) is 0 Å². The molecule has 5 nitrogen and oxygen atoms in total. The molecule has 2 rings (SSSR count). The molecule has 0 fully saturated rings. The lowest BCUT2D eigenvalue weighted by Gasteiger charge is -2.10. The highest BCUT2D eigenvalue weighted by Gasteiger charge is 2.21. The smallest absolute Gasteiger partial charge is 0.314 e. The van der Waals surface area contributed by atoms with Crippen molar-refractivity contribution in [1.29, 1.82) is 0 Å². The summed E-state index contributed by atoms with van der Waals surface area (Å²) in [5, 5.41) is 10.8. The van der Waals surface area contributed by atoms with Crippen LogP contribution in [0.5, 0.6) is 11.5 Å². The first-order valence-corrected chi connectivity index (χ1v) is 5.62. The average Bonchev–Trinajstić information content (AvgIpc) is 2.42. The van der Waals surface area contributed by atoms with Crippen LogP contribution in [0.2, 0.25) is 0 Å². The number of nitro benzene ring substituents is 1. The number of para-hydroxylation sites is 1. The molecule has 0 bridgehead atoms. The van der Waals surface area contributed by atoms with Crippen LogP contribution in [0.3, 0.4) is 0 Å². The third kappa shape index (κ3) is 2.72. The summed E-state index contributed by atoms with van der Waals surface area (Å²) in [5.74, 6) is -1.87. The van der Waals surface area contributed by atoms with Crippen LogP contribution < -0.4 is 10.5 Å². The summed E-state index contributed by atoms with van der Waals surface area (Å²) < 4.78 is 32.0. The molecule has 0 radical (unpaired) electrons. The molecule has 0 saturated heterocycles. The Bertz CT molecular complexity index is 662. The topological polar surface area (TPSA) is 78.4 Å². The number of hydrogen-bond donors (Lipinski definition) is 1. The molecule has 0 aliphatic rings. The van der Waals surface area contributed by atoms with Crippen LogP contribution in [-0.2, 0) is 6.54 Å². The van der Waals surface area contributed by atoms with Crippen LogP contribution in [0, 0.1) is 21.7 Å². The fourth-order valence-electron chi connectivity index (χ4n) is 1.66. The van der Waals surface area contributed by atoms with Crippen molar-refractivity contribution in [2.45, 2.75) is 6.54 Å². The van der Waals surface area contributed by atoms with Gasteiger partial charge in [0, 0.05) is 18.2 Å². The van der Waals surface area contributed by atoms with Crippen molar-refractivity contribution in [3.8, 4) is 11.5 Å². The molecular weight excluding hydrogens is 270 g/mol. The molecule has 7 heteroatoms. The van der Waals surface area contributed by atoms with Gasteiger partial charge in [0.25, 0.3) is 0 Å². The lowest BCUT2D eigenvalue weighted by Crippen LogP contribution is -2.02. The van der Waals surface area contributed by atoms with E-state index in [2.05, 4.69) is 0 Å². The Morgan fingerprint density at radius 1 is 1.25 bits per heavy atom. The van der Waals surface area contributed by atoms with Gasteiger partial charge in [0.15, 0.2) is 5.82 Å². The number of halogens is 2. The van der Waals surface area contributed by atoms with E-state index in [1.54, 1.807) is 0 Å². The Labute approximate surface area is 112 Å². The van der Waals surface area contributed by atoms with Crippen molar-refractivity contribution in [3.05, 3.63) is 63.7 Å². The van der Waals surface area contributed by atoms with Gasteiger partial charge in [-0.2, -0.15) is 0 Å². The van der Waals surface area contributed by atoms with E-state index in [-0.39, 0.29) is 17.9 Å². The summed E-state index contributed by atoms with van der Waals surface area (Å²) in [6.07, 6.45) is 0. The van der Waals surface area contributed by atoms with E-state index in [9.17, 15) is 18.9 Å². The van der Waals surface area contributed by atoms with Crippen LogP contribution in [0.15, 0.2) is 36.4 Å². The van der Waals surface area contributed by atoms with E-state index in [4.69, 9.17) is 10.5 Å². The predicted octanol–water partition coefficient (Wildman–Crippen LogP) is 3.12. The molecule has 2 aromatic carbocycles. The molecule has 0 spiro atoms. The monoisotopic (exact) mass is 280 g/mol. The van der Waals surface area contributed by atoms with Crippen molar-refractivity contribution in [2.24, 2.45) is 5.73 Å².